The Morgan fingerprint density at radius 1 is 1.15 bits per heavy atom. The summed E-state index contributed by atoms with van der Waals surface area (Å²) >= 11 is 1.52. The van der Waals surface area contributed by atoms with Gasteiger partial charge in [-0.2, -0.15) is 10.5 Å². The van der Waals surface area contributed by atoms with Gasteiger partial charge in [0.05, 0.1) is 4.70 Å². The monoisotopic (exact) mass is 370 g/mol. The number of thiophene rings is 1. The smallest absolute Gasteiger partial charge is 0.194 e. The van der Waals surface area contributed by atoms with Crippen molar-refractivity contribution in [3.63, 3.8) is 0 Å². The van der Waals surface area contributed by atoms with Crippen molar-refractivity contribution in [1.82, 2.24) is 0 Å². The highest BCUT2D eigenvalue weighted by atomic mass is 32.1. The van der Waals surface area contributed by atoms with Crippen molar-refractivity contribution < 1.29 is 9.21 Å². The highest BCUT2D eigenvalue weighted by Gasteiger charge is 2.32. The normalized spacial score (nSPS) is 14.6. The summed E-state index contributed by atoms with van der Waals surface area (Å²) in [6.07, 6.45) is 1.75. The van der Waals surface area contributed by atoms with Crippen molar-refractivity contribution in [3.8, 4) is 12.1 Å². The highest BCUT2D eigenvalue weighted by molar-refractivity contribution is 7.19. The number of furan rings is 1. The average molecular weight is 370 g/mol. The SMILES string of the molecule is CC(C)c1cc2sc(/C=C3\C(=O)c4ccccc4C3=C(C#N)C#N)cc2o1. The summed E-state index contributed by atoms with van der Waals surface area (Å²) in [6.45, 7) is 4.14. The van der Waals surface area contributed by atoms with Gasteiger partial charge in [-0.1, -0.05) is 38.1 Å². The highest BCUT2D eigenvalue weighted by Crippen LogP contribution is 2.41. The number of carbonyl (C=O) groups excluding carboxylic acids is 1. The molecular weight excluding hydrogens is 356 g/mol. The molecule has 5 heteroatoms. The van der Waals surface area contributed by atoms with Crippen LogP contribution in [0.5, 0.6) is 0 Å². The third-order valence-corrected chi connectivity index (χ3v) is 5.54. The Morgan fingerprint density at radius 3 is 2.48 bits per heavy atom. The Morgan fingerprint density at radius 2 is 1.85 bits per heavy atom. The molecule has 1 aromatic carbocycles. The van der Waals surface area contributed by atoms with Crippen molar-refractivity contribution in [2.75, 3.05) is 0 Å². The number of allylic oxidation sites excluding steroid dienone is 3. The maximum atomic E-state index is 12.9. The molecule has 4 rings (SSSR count). The van der Waals surface area contributed by atoms with E-state index in [0.717, 1.165) is 20.9 Å². The summed E-state index contributed by atoms with van der Waals surface area (Å²) in [7, 11) is 0. The van der Waals surface area contributed by atoms with Gasteiger partial charge in [0.15, 0.2) is 5.78 Å². The van der Waals surface area contributed by atoms with E-state index in [4.69, 9.17) is 4.42 Å². The van der Waals surface area contributed by atoms with Gasteiger partial charge in [-0.25, -0.2) is 0 Å². The van der Waals surface area contributed by atoms with E-state index in [2.05, 4.69) is 13.8 Å². The fraction of sp³-hybridized carbons (Fsp3) is 0.136. The fourth-order valence-electron chi connectivity index (χ4n) is 3.22. The van der Waals surface area contributed by atoms with E-state index in [1.165, 1.54) is 11.3 Å². The van der Waals surface area contributed by atoms with E-state index in [-0.39, 0.29) is 11.4 Å². The molecule has 0 unspecified atom stereocenters. The molecule has 0 spiro atoms. The second-order valence-corrected chi connectivity index (χ2v) is 7.70. The van der Waals surface area contributed by atoms with Gasteiger partial charge in [0.25, 0.3) is 0 Å². The minimum Gasteiger partial charge on any atom is -0.460 e. The molecule has 0 radical (unpaired) electrons. The molecule has 0 N–H and O–H groups in total. The summed E-state index contributed by atoms with van der Waals surface area (Å²) in [5.74, 6) is 1.06. The number of benzene rings is 1. The maximum absolute atomic E-state index is 12.9. The molecule has 0 fully saturated rings. The predicted octanol–water partition coefficient (Wildman–Crippen LogP) is 5.70. The van der Waals surface area contributed by atoms with Crippen molar-refractivity contribution in [2.24, 2.45) is 0 Å². The number of ketones is 1. The van der Waals surface area contributed by atoms with Gasteiger partial charge in [-0.3, -0.25) is 4.79 Å². The Hall–Kier alpha value is -3.41. The topological polar surface area (TPSA) is 77.8 Å². The van der Waals surface area contributed by atoms with Crippen LogP contribution in [0.15, 0.2) is 52.0 Å². The first kappa shape index (κ1) is 17.0. The molecule has 4 nitrogen and oxygen atoms in total. The van der Waals surface area contributed by atoms with Crippen molar-refractivity contribution in [3.05, 3.63) is 69.3 Å². The molecule has 0 bridgehead atoms. The van der Waals surface area contributed by atoms with Gasteiger partial charge in [0, 0.05) is 27.5 Å². The summed E-state index contributed by atoms with van der Waals surface area (Å²) in [5, 5.41) is 18.7. The Balaban J connectivity index is 1.88. The van der Waals surface area contributed by atoms with E-state index in [0.29, 0.717) is 28.2 Å². The van der Waals surface area contributed by atoms with Gasteiger partial charge < -0.3 is 4.42 Å². The van der Waals surface area contributed by atoms with E-state index in [1.807, 2.05) is 24.3 Å². The minimum atomic E-state index is -0.170. The van der Waals surface area contributed by atoms with Crippen LogP contribution in [0.3, 0.4) is 0 Å². The number of Topliss-reactive ketones (excluding diaryl/α,β-unsaturated/α-hetero) is 1. The number of hydrogen-bond acceptors (Lipinski definition) is 5. The molecule has 0 aliphatic heterocycles. The van der Waals surface area contributed by atoms with Gasteiger partial charge in [-0.05, 0) is 23.8 Å². The summed E-state index contributed by atoms with van der Waals surface area (Å²) in [6, 6.07) is 14.8. The minimum absolute atomic E-state index is 0.0538. The zero-order valence-electron chi connectivity index (χ0n) is 14.7. The van der Waals surface area contributed by atoms with Gasteiger partial charge in [0.2, 0.25) is 0 Å². The van der Waals surface area contributed by atoms with Crippen LogP contribution in [-0.4, -0.2) is 5.78 Å². The predicted molar refractivity (Wildman–Crippen MR) is 105 cm³/mol. The molecule has 0 atom stereocenters. The van der Waals surface area contributed by atoms with Gasteiger partial charge >= 0.3 is 0 Å². The molecule has 27 heavy (non-hydrogen) atoms. The number of nitrogens with zero attached hydrogens (tertiary/aromatic N) is 2. The first-order chi connectivity index (χ1) is 13.0. The van der Waals surface area contributed by atoms with Crippen molar-refractivity contribution in [2.45, 2.75) is 19.8 Å². The van der Waals surface area contributed by atoms with Crippen LogP contribution in [0, 0.1) is 22.7 Å². The Bertz CT molecular complexity index is 1190. The molecule has 1 aliphatic carbocycles. The number of fused-ring (bicyclic) bond motifs is 2. The van der Waals surface area contributed by atoms with Crippen molar-refractivity contribution >= 4 is 39.1 Å². The fourth-order valence-corrected chi connectivity index (χ4v) is 4.19. The largest absolute Gasteiger partial charge is 0.460 e. The van der Waals surface area contributed by atoms with E-state index in [9.17, 15) is 15.3 Å². The van der Waals surface area contributed by atoms with E-state index >= 15 is 0 Å². The van der Waals surface area contributed by atoms with E-state index in [1.54, 1.807) is 30.3 Å². The second kappa shape index (κ2) is 6.39. The first-order valence-corrected chi connectivity index (χ1v) is 9.29. The number of nitriles is 2. The van der Waals surface area contributed by atoms with Crippen LogP contribution in [0.4, 0.5) is 0 Å². The number of hydrogen-bond donors (Lipinski definition) is 0. The quantitative estimate of drug-likeness (QED) is 0.428. The molecule has 130 valence electrons. The lowest BCUT2D eigenvalue weighted by Gasteiger charge is -2.01. The zero-order valence-corrected chi connectivity index (χ0v) is 15.6. The molecule has 3 aromatic rings. The lowest BCUT2D eigenvalue weighted by molar-refractivity contribution is 0.104. The van der Waals surface area contributed by atoms with Crippen LogP contribution >= 0.6 is 11.3 Å². The third kappa shape index (κ3) is 2.70. The first-order valence-electron chi connectivity index (χ1n) is 8.47. The van der Waals surface area contributed by atoms with E-state index < -0.39 is 0 Å². The van der Waals surface area contributed by atoms with Gasteiger partial charge in [0.1, 0.15) is 29.1 Å². The van der Waals surface area contributed by atoms with Crippen LogP contribution in [0.25, 0.3) is 21.9 Å². The zero-order chi connectivity index (χ0) is 19.1. The molecule has 2 aromatic heterocycles. The van der Waals surface area contributed by atoms with Crippen molar-refractivity contribution in [1.29, 1.82) is 10.5 Å². The summed E-state index contributed by atoms with van der Waals surface area (Å²) < 4.78 is 6.87. The Labute approximate surface area is 160 Å². The van der Waals surface area contributed by atoms with Crippen LogP contribution < -0.4 is 0 Å². The standard InChI is InChI=1S/C22H14N2O2S/c1-12(2)18-9-20-19(26-18)8-14(27-20)7-17-21(13(10-23)11-24)15-5-3-4-6-16(15)22(17)25/h3-9,12H,1-2H3/b17-7-. The molecule has 1 aliphatic rings. The number of rotatable bonds is 2. The summed E-state index contributed by atoms with van der Waals surface area (Å²) in [5.41, 5.74) is 2.67. The van der Waals surface area contributed by atoms with Gasteiger partial charge in [-0.15, -0.1) is 11.3 Å². The third-order valence-electron chi connectivity index (χ3n) is 4.53. The summed E-state index contributed by atoms with van der Waals surface area (Å²) in [4.78, 5) is 13.8. The lowest BCUT2D eigenvalue weighted by Crippen LogP contribution is -1.95. The number of carbonyl (C=O) groups is 1. The Kier molecular flexibility index (Phi) is 4.03. The molecule has 0 saturated carbocycles. The second-order valence-electron chi connectivity index (χ2n) is 6.59. The molecule has 2 heterocycles. The lowest BCUT2D eigenvalue weighted by atomic mass is 9.99. The molecular formula is C22H14N2O2S. The van der Waals surface area contributed by atoms with Crippen LogP contribution in [-0.2, 0) is 0 Å². The molecule has 0 saturated heterocycles. The maximum Gasteiger partial charge on any atom is 0.194 e. The average Bonchev–Trinajstić information content (AvgIpc) is 3.29. The van der Waals surface area contributed by atoms with Crippen LogP contribution in [0.2, 0.25) is 0 Å². The molecule has 0 amide bonds. The van der Waals surface area contributed by atoms with Crippen LogP contribution in [0.1, 0.15) is 46.3 Å².